The molecule has 0 saturated carbocycles. The molecule has 1 aromatic heterocycles. The summed E-state index contributed by atoms with van der Waals surface area (Å²) in [6, 6.07) is 5.38. The maximum absolute atomic E-state index is 6.11. The van der Waals surface area contributed by atoms with Crippen LogP contribution in [0.2, 0.25) is 10.3 Å². The van der Waals surface area contributed by atoms with Gasteiger partial charge in [0, 0.05) is 17.6 Å². The van der Waals surface area contributed by atoms with Crippen molar-refractivity contribution in [2.45, 2.75) is 13.8 Å². The van der Waals surface area contributed by atoms with Gasteiger partial charge in [-0.1, -0.05) is 27.5 Å². The number of nitrogens with zero attached hydrogens (tertiary/aromatic N) is 4. The summed E-state index contributed by atoms with van der Waals surface area (Å²) in [5.74, 6) is 0.927. The average molecular weight is 392 g/mol. The zero-order chi connectivity index (χ0) is 15.4. The summed E-state index contributed by atoms with van der Waals surface area (Å²) in [5, 5.41) is 0.528. The van der Waals surface area contributed by atoms with Crippen LogP contribution < -0.4 is 9.64 Å². The zero-order valence-electron chi connectivity index (χ0n) is 11.5. The van der Waals surface area contributed by atoms with Crippen molar-refractivity contribution in [1.82, 2.24) is 15.0 Å². The summed E-state index contributed by atoms with van der Waals surface area (Å²) in [7, 11) is 0. The summed E-state index contributed by atoms with van der Waals surface area (Å²) in [6.07, 6.45) is 0. The Morgan fingerprint density at radius 3 is 2.48 bits per heavy atom. The third kappa shape index (κ3) is 4.18. The monoisotopic (exact) mass is 390 g/mol. The first-order valence-electron chi connectivity index (χ1n) is 6.33. The fourth-order valence-electron chi connectivity index (χ4n) is 1.67. The minimum Gasteiger partial charge on any atom is -0.423 e. The van der Waals surface area contributed by atoms with E-state index in [4.69, 9.17) is 27.9 Å². The van der Waals surface area contributed by atoms with Crippen LogP contribution >= 0.6 is 39.1 Å². The van der Waals surface area contributed by atoms with Crippen LogP contribution in [0.15, 0.2) is 22.7 Å². The molecular formula is C13H13BrCl2N4O. The van der Waals surface area contributed by atoms with E-state index in [-0.39, 0.29) is 11.3 Å². The molecule has 5 nitrogen and oxygen atoms in total. The lowest BCUT2D eigenvalue weighted by Crippen LogP contribution is -2.24. The molecule has 0 saturated heterocycles. The highest BCUT2D eigenvalue weighted by atomic mass is 79.9. The van der Waals surface area contributed by atoms with Crippen LogP contribution in [0.1, 0.15) is 13.8 Å². The van der Waals surface area contributed by atoms with Crippen molar-refractivity contribution in [1.29, 1.82) is 0 Å². The Morgan fingerprint density at radius 2 is 1.86 bits per heavy atom. The van der Waals surface area contributed by atoms with E-state index in [1.165, 1.54) is 0 Å². The first-order chi connectivity index (χ1) is 10.0. The SMILES string of the molecule is CCN(CC)c1nc(Cl)nc(Oc2ccc(Br)cc2Cl)n1. The molecule has 0 aliphatic rings. The normalized spacial score (nSPS) is 10.5. The lowest BCUT2D eigenvalue weighted by molar-refractivity contribution is 0.439. The first kappa shape index (κ1) is 16.3. The molecule has 0 spiro atoms. The fraction of sp³-hybridized carbons (Fsp3) is 0.308. The molecule has 0 unspecified atom stereocenters. The number of anilines is 1. The van der Waals surface area contributed by atoms with Gasteiger partial charge >= 0.3 is 6.01 Å². The molecule has 2 aromatic rings. The van der Waals surface area contributed by atoms with Gasteiger partial charge in [0.15, 0.2) is 0 Å². The molecular weight excluding hydrogens is 379 g/mol. The molecule has 0 aliphatic heterocycles. The van der Waals surface area contributed by atoms with Gasteiger partial charge in [0.1, 0.15) is 5.75 Å². The van der Waals surface area contributed by atoms with E-state index in [1.54, 1.807) is 12.1 Å². The Balaban J connectivity index is 2.31. The van der Waals surface area contributed by atoms with Crippen LogP contribution in [0.5, 0.6) is 11.8 Å². The van der Waals surface area contributed by atoms with Crippen molar-refractivity contribution in [3.05, 3.63) is 33.0 Å². The Bertz CT molecular complexity index is 638. The maximum Gasteiger partial charge on any atom is 0.328 e. The molecule has 0 N–H and O–H groups in total. The number of benzene rings is 1. The molecule has 1 aromatic carbocycles. The molecule has 0 radical (unpaired) electrons. The minimum absolute atomic E-state index is 0.0788. The van der Waals surface area contributed by atoms with E-state index in [2.05, 4.69) is 30.9 Å². The highest BCUT2D eigenvalue weighted by molar-refractivity contribution is 9.10. The molecule has 8 heteroatoms. The van der Waals surface area contributed by atoms with Gasteiger partial charge in [-0.2, -0.15) is 15.0 Å². The molecule has 0 amide bonds. The van der Waals surface area contributed by atoms with E-state index in [9.17, 15) is 0 Å². The van der Waals surface area contributed by atoms with Crippen LogP contribution in [0.3, 0.4) is 0 Å². The van der Waals surface area contributed by atoms with Gasteiger partial charge < -0.3 is 9.64 Å². The number of hydrogen-bond donors (Lipinski definition) is 0. The Morgan fingerprint density at radius 1 is 1.14 bits per heavy atom. The molecule has 21 heavy (non-hydrogen) atoms. The number of rotatable bonds is 5. The average Bonchev–Trinajstić information content (AvgIpc) is 2.43. The predicted molar refractivity (Wildman–Crippen MR) is 87.6 cm³/mol. The lowest BCUT2D eigenvalue weighted by Gasteiger charge is -2.18. The number of hydrogen-bond acceptors (Lipinski definition) is 5. The summed E-state index contributed by atoms with van der Waals surface area (Å²) < 4.78 is 6.46. The van der Waals surface area contributed by atoms with Crippen LogP contribution in [0.4, 0.5) is 5.95 Å². The van der Waals surface area contributed by atoms with Gasteiger partial charge in [-0.15, -0.1) is 0 Å². The predicted octanol–water partition coefficient (Wildman–Crippen LogP) is 4.58. The van der Waals surface area contributed by atoms with Crippen LogP contribution in [0, 0.1) is 0 Å². The van der Waals surface area contributed by atoms with Crippen molar-refractivity contribution in [3.63, 3.8) is 0 Å². The smallest absolute Gasteiger partial charge is 0.328 e. The standard InChI is InChI=1S/C13H13BrCl2N4O/c1-3-20(4-2)12-17-11(16)18-13(19-12)21-10-6-5-8(14)7-9(10)15/h5-7H,3-4H2,1-2H3. The highest BCUT2D eigenvalue weighted by Crippen LogP contribution is 2.31. The fourth-order valence-corrected chi connectivity index (χ4v) is 2.53. The van der Waals surface area contributed by atoms with Crippen molar-refractivity contribution in [2.75, 3.05) is 18.0 Å². The number of ether oxygens (including phenoxy) is 1. The summed E-state index contributed by atoms with van der Waals surface area (Å²) in [5.41, 5.74) is 0. The first-order valence-corrected chi connectivity index (χ1v) is 7.87. The third-order valence-corrected chi connectivity index (χ3v) is 3.67. The maximum atomic E-state index is 6.11. The van der Waals surface area contributed by atoms with E-state index in [0.717, 1.165) is 17.6 Å². The molecule has 0 fully saturated rings. The van der Waals surface area contributed by atoms with Gasteiger partial charge in [-0.25, -0.2) is 0 Å². The molecule has 112 valence electrons. The zero-order valence-corrected chi connectivity index (χ0v) is 14.6. The van der Waals surface area contributed by atoms with Crippen LogP contribution in [-0.4, -0.2) is 28.0 Å². The minimum atomic E-state index is 0.0788. The van der Waals surface area contributed by atoms with Crippen molar-refractivity contribution in [2.24, 2.45) is 0 Å². The van der Waals surface area contributed by atoms with E-state index in [1.807, 2.05) is 24.8 Å². The molecule has 0 atom stereocenters. The van der Waals surface area contributed by atoms with E-state index >= 15 is 0 Å². The largest absolute Gasteiger partial charge is 0.423 e. The van der Waals surface area contributed by atoms with Gasteiger partial charge in [0.05, 0.1) is 5.02 Å². The Labute approximate surface area is 141 Å². The summed E-state index contributed by atoms with van der Waals surface area (Å²) in [4.78, 5) is 14.3. The van der Waals surface area contributed by atoms with Gasteiger partial charge in [0.25, 0.3) is 0 Å². The van der Waals surface area contributed by atoms with Crippen LogP contribution in [0.25, 0.3) is 0 Å². The molecule has 0 bridgehead atoms. The van der Waals surface area contributed by atoms with Gasteiger partial charge in [-0.05, 0) is 43.6 Å². The topological polar surface area (TPSA) is 51.1 Å². The summed E-state index contributed by atoms with van der Waals surface area (Å²) >= 11 is 15.4. The Kier molecular flexibility index (Phi) is 5.61. The van der Waals surface area contributed by atoms with Crippen molar-refractivity contribution >= 4 is 45.1 Å². The second-order valence-electron chi connectivity index (χ2n) is 4.04. The van der Waals surface area contributed by atoms with Gasteiger partial charge in [0.2, 0.25) is 11.2 Å². The number of halogens is 3. The van der Waals surface area contributed by atoms with Gasteiger partial charge in [-0.3, -0.25) is 0 Å². The second-order valence-corrected chi connectivity index (χ2v) is 5.70. The molecule has 2 rings (SSSR count). The summed E-state index contributed by atoms with van der Waals surface area (Å²) in [6.45, 7) is 5.53. The molecule has 0 aliphatic carbocycles. The highest BCUT2D eigenvalue weighted by Gasteiger charge is 2.13. The van der Waals surface area contributed by atoms with E-state index in [0.29, 0.717) is 16.7 Å². The van der Waals surface area contributed by atoms with Crippen LogP contribution in [-0.2, 0) is 0 Å². The molecule has 1 heterocycles. The second kappa shape index (κ2) is 7.24. The lowest BCUT2D eigenvalue weighted by atomic mass is 10.3. The quantitative estimate of drug-likeness (QED) is 0.746. The third-order valence-electron chi connectivity index (χ3n) is 2.72. The van der Waals surface area contributed by atoms with Crippen molar-refractivity contribution in [3.8, 4) is 11.8 Å². The Hall–Kier alpha value is -1.11. The van der Waals surface area contributed by atoms with Crippen molar-refractivity contribution < 1.29 is 4.74 Å². The van der Waals surface area contributed by atoms with E-state index < -0.39 is 0 Å². The number of aromatic nitrogens is 3.